The molecule has 1 aliphatic rings. The van der Waals surface area contributed by atoms with E-state index in [1.165, 1.54) is 5.57 Å². The summed E-state index contributed by atoms with van der Waals surface area (Å²) in [5.74, 6) is 0.378. The summed E-state index contributed by atoms with van der Waals surface area (Å²) in [5, 5.41) is 2.97. The average Bonchev–Trinajstić information content (AvgIpc) is 3.27. The zero-order valence-electron chi connectivity index (χ0n) is 28.1. The number of thiazole rings is 1. The first-order chi connectivity index (χ1) is 18.8. The highest BCUT2D eigenvalue weighted by Crippen LogP contribution is 2.42. The van der Waals surface area contributed by atoms with Crippen LogP contribution < -0.4 is 0 Å². The Kier molecular flexibility index (Phi) is 12.4. The van der Waals surface area contributed by atoms with Gasteiger partial charge in [-0.1, -0.05) is 73.5 Å². The molecule has 0 saturated heterocycles. The van der Waals surface area contributed by atoms with Crippen molar-refractivity contribution in [3.8, 4) is 0 Å². The number of cyclic esters (lactones) is 1. The molecule has 0 saturated carbocycles. The van der Waals surface area contributed by atoms with Crippen molar-refractivity contribution < 1.29 is 18.8 Å². The van der Waals surface area contributed by atoms with Gasteiger partial charge in [0.15, 0.2) is 8.32 Å². The standard InChI is InChI=1S/C34H57NO4SSi/c1-22-15-14-16-23(2)25(4)26(5)32(37)34(10,11)30(39-41(12,13)33(7,8)9)20-31(36)38-29(18-17-22)24(3)19-28-21-40-27(6)35-28/h17,19,21,23,25-26,29-30H,14-16,18,20H2,1-13H3/b22-17-,24-19+/t23?,25-,26+,29-,30-/m0/s1. The quantitative estimate of drug-likeness (QED) is 0.195. The fraction of sp³-hybridized carbons (Fsp3) is 0.735. The number of allylic oxidation sites excluding steroid dienone is 1. The molecular weight excluding hydrogens is 547 g/mol. The van der Waals surface area contributed by atoms with Crippen molar-refractivity contribution in [2.75, 3.05) is 0 Å². The van der Waals surface area contributed by atoms with Crippen LogP contribution in [0.5, 0.6) is 0 Å². The molecule has 0 bridgehead atoms. The largest absolute Gasteiger partial charge is 0.457 e. The van der Waals surface area contributed by atoms with Crippen LogP contribution in [-0.2, 0) is 18.8 Å². The smallest absolute Gasteiger partial charge is 0.309 e. The number of carbonyl (C=O) groups excluding carboxylic acids is 2. The minimum atomic E-state index is -2.30. The van der Waals surface area contributed by atoms with Gasteiger partial charge in [0.05, 0.1) is 23.2 Å². The second-order valence-corrected chi connectivity index (χ2v) is 20.4. The lowest BCUT2D eigenvalue weighted by Gasteiger charge is -2.44. The van der Waals surface area contributed by atoms with Gasteiger partial charge in [0.2, 0.25) is 0 Å². The Hall–Kier alpha value is -1.57. The number of aryl methyl sites for hydroxylation is 1. The third-order valence-electron chi connectivity index (χ3n) is 9.84. The summed E-state index contributed by atoms with van der Waals surface area (Å²) in [6.45, 7) is 27.6. The van der Waals surface area contributed by atoms with E-state index in [2.05, 4.69) is 72.6 Å². The molecule has 0 fully saturated rings. The predicted octanol–water partition coefficient (Wildman–Crippen LogP) is 9.57. The molecule has 1 unspecified atom stereocenters. The van der Waals surface area contributed by atoms with Crippen LogP contribution in [0.3, 0.4) is 0 Å². The van der Waals surface area contributed by atoms with Crippen molar-refractivity contribution in [3.63, 3.8) is 0 Å². The van der Waals surface area contributed by atoms with Crippen LogP contribution in [0.25, 0.3) is 6.08 Å². The first-order valence-corrected chi connectivity index (χ1v) is 19.2. The Morgan fingerprint density at radius 3 is 2.37 bits per heavy atom. The molecule has 5 nitrogen and oxygen atoms in total. The summed E-state index contributed by atoms with van der Waals surface area (Å²) in [6.07, 6.45) is 7.09. The van der Waals surface area contributed by atoms with E-state index in [0.717, 1.165) is 35.5 Å². The summed E-state index contributed by atoms with van der Waals surface area (Å²) >= 11 is 1.61. The summed E-state index contributed by atoms with van der Waals surface area (Å²) in [7, 11) is -2.30. The molecule has 0 N–H and O–H groups in total. The topological polar surface area (TPSA) is 65.5 Å². The summed E-state index contributed by atoms with van der Waals surface area (Å²) in [6, 6.07) is 0. The molecule has 0 radical (unpaired) electrons. The summed E-state index contributed by atoms with van der Waals surface area (Å²) in [5.41, 5.74) is 2.31. The third-order valence-corrected chi connectivity index (χ3v) is 15.1. The highest BCUT2D eigenvalue weighted by atomic mass is 32.1. The van der Waals surface area contributed by atoms with Crippen LogP contribution in [0.1, 0.15) is 112 Å². The van der Waals surface area contributed by atoms with Gasteiger partial charge in [-0.3, -0.25) is 9.59 Å². The van der Waals surface area contributed by atoms with Crippen LogP contribution in [0.15, 0.2) is 22.6 Å². The first-order valence-electron chi connectivity index (χ1n) is 15.4. The number of carbonyl (C=O) groups is 2. The average molecular weight is 604 g/mol. The molecule has 1 aromatic heterocycles. The Labute approximate surface area is 255 Å². The molecule has 2 heterocycles. The second-order valence-electron chi connectivity index (χ2n) is 14.6. The molecule has 0 amide bonds. The van der Waals surface area contributed by atoms with Gasteiger partial charge in [-0.2, -0.15) is 0 Å². The van der Waals surface area contributed by atoms with Gasteiger partial charge < -0.3 is 9.16 Å². The van der Waals surface area contributed by atoms with Crippen LogP contribution in [-0.4, -0.2) is 37.3 Å². The van der Waals surface area contributed by atoms with Gasteiger partial charge in [0.25, 0.3) is 0 Å². The number of hydrogen-bond acceptors (Lipinski definition) is 6. The zero-order valence-corrected chi connectivity index (χ0v) is 30.0. The Morgan fingerprint density at radius 2 is 1.80 bits per heavy atom. The molecule has 5 atom stereocenters. The SMILES string of the molecule is C/C1=C/C[C@@H](/C(C)=C/c2csc(C)n2)OC(=O)C[C@H](O[Si](C)(C)C(C)(C)C)C(C)(C)C(=O)[C@H](C)[C@@H](C)C(C)CCC1. The molecule has 1 aromatic rings. The van der Waals surface area contributed by atoms with Crippen LogP contribution in [0.2, 0.25) is 18.1 Å². The van der Waals surface area contributed by atoms with E-state index < -0.39 is 25.9 Å². The van der Waals surface area contributed by atoms with E-state index in [4.69, 9.17) is 9.16 Å². The van der Waals surface area contributed by atoms with E-state index >= 15 is 0 Å². The molecular formula is C34H57NO4SSi. The predicted molar refractivity (Wildman–Crippen MR) is 176 cm³/mol. The maximum Gasteiger partial charge on any atom is 0.309 e. The molecule has 1 aliphatic heterocycles. The Morgan fingerprint density at radius 1 is 1.17 bits per heavy atom. The van der Waals surface area contributed by atoms with E-state index in [1.54, 1.807) is 11.3 Å². The number of rotatable bonds is 4. The van der Waals surface area contributed by atoms with Crippen LogP contribution in [0, 0.1) is 30.1 Å². The van der Waals surface area contributed by atoms with Gasteiger partial charge in [-0.05, 0) is 75.2 Å². The van der Waals surface area contributed by atoms with E-state index in [1.807, 2.05) is 39.2 Å². The van der Waals surface area contributed by atoms with Gasteiger partial charge in [0.1, 0.15) is 11.9 Å². The van der Waals surface area contributed by atoms with Gasteiger partial charge in [-0.15, -0.1) is 11.3 Å². The van der Waals surface area contributed by atoms with Crippen molar-refractivity contribution in [2.45, 2.75) is 139 Å². The second kappa shape index (κ2) is 14.3. The maximum atomic E-state index is 14.2. The third kappa shape index (κ3) is 9.72. The summed E-state index contributed by atoms with van der Waals surface area (Å²) in [4.78, 5) is 32.4. The van der Waals surface area contributed by atoms with Gasteiger partial charge >= 0.3 is 5.97 Å². The molecule has 0 spiro atoms. The lowest BCUT2D eigenvalue weighted by molar-refractivity contribution is -0.153. The highest BCUT2D eigenvalue weighted by Gasteiger charge is 2.48. The molecule has 7 heteroatoms. The number of hydrogen-bond donors (Lipinski definition) is 0. The fourth-order valence-electron chi connectivity index (χ4n) is 5.29. The van der Waals surface area contributed by atoms with Crippen LogP contribution in [0.4, 0.5) is 0 Å². The van der Waals surface area contributed by atoms with Crippen molar-refractivity contribution in [2.24, 2.45) is 23.2 Å². The van der Waals surface area contributed by atoms with Gasteiger partial charge in [0, 0.05) is 23.1 Å². The molecule has 41 heavy (non-hydrogen) atoms. The minimum Gasteiger partial charge on any atom is -0.457 e. The Bertz CT molecular complexity index is 1110. The van der Waals surface area contributed by atoms with E-state index in [-0.39, 0.29) is 35.0 Å². The van der Waals surface area contributed by atoms with Crippen LogP contribution >= 0.6 is 11.3 Å². The Balaban J connectivity index is 2.53. The lowest BCUT2D eigenvalue weighted by atomic mass is 9.70. The van der Waals surface area contributed by atoms with E-state index in [9.17, 15) is 9.59 Å². The summed E-state index contributed by atoms with van der Waals surface area (Å²) < 4.78 is 13.1. The normalized spacial score (nSPS) is 29.5. The fourth-order valence-corrected chi connectivity index (χ4v) is 7.30. The van der Waals surface area contributed by atoms with Gasteiger partial charge in [-0.25, -0.2) is 4.98 Å². The lowest BCUT2D eigenvalue weighted by Crippen LogP contribution is -2.52. The first kappa shape index (κ1) is 35.6. The molecule has 0 aliphatic carbocycles. The number of ketones is 1. The number of ether oxygens (including phenoxy) is 1. The maximum absolute atomic E-state index is 14.2. The van der Waals surface area contributed by atoms with Crippen molar-refractivity contribution in [3.05, 3.63) is 33.3 Å². The van der Waals surface area contributed by atoms with Crippen molar-refractivity contribution >= 4 is 37.5 Å². The molecule has 2 rings (SSSR count). The van der Waals surface area contributed by atoms with E-state index in [0.29, 0.717) is 12.3 Å². The number of esters is 1. The van der Waals surface area contributed by atoms with Crippen molar-refractivity contribution in [1.29, 1.82) is 0 Å². The number of nitrogens with zero attached hydrogens (tertiary/aromatic N) is 1. The zero-order chi connectivity index (χ0) is 31.3. The highest BCUT2D eigenvalue weighted by molar-refractivity contribution is 7.09. The molecule has 232 valence electrons. The monoisotopic (exact) mass is 603 g/mol. The molecule has 0 aromatic carbocycles. The number of aromatic nitrogens is 1. The van der Waals surface area contributed by atoms with Crippen molar-refractivity contribution in [1.82, 2.24) is 4.98 Å². The minimum absolute atomic E-state index is 0.0458. The number of Topliss-reactive ketones (excluding diaryl/α,β-unsaturated/α-hetero) is 1.